The van der Waals surface area contributed by atoms with Crippen molar-refractivity contribution in [1.29, 1.82) is 5.26 Å². The van der Waals surface area contributed by atoms with Crippen molar-refractivity contribution in [3.05, 3.63) is 40.5 Å². The quantitative estimate of drug-likeness (QED) is 0.910. The van der Waals surface area contributed by atoms with Crippen LogP contribution in [0.1, 0.15) is 24.1 Å². The van der Waals surface area contributed by atoms with Gasteiger partial charge in [-0.3, -0.25) is 4.57 Å². The molecular formula is C15H13ClN2O2. The molecule has 1 aromatic heterocycles. The fraction of sp³-hybridized carbons (Fsp3) is 0.267. The molecule has 0 bridgehead atoms. The molecule has 0 atom stereocenters. The number of hydrogen-bond donors (Lipinski definition) is 2. The SMILES string of the molecule is N#Cc1ccc(-n2c(O)cc(O)c2CC2CC2)cc1Cl. The van der Waals surface area contributed by atoms with E-state index in [2.05, 4.69) is 0 Å². The maximum atomic E-state index is 10.0. The lowest BCUT2D eigenvalue weighted by Crippen LogP contribution is -2.01. The smallest absolute Gasteiger partial charge is 0.199 e. The Hall–Kier alpha value is -2.12. The zero-order chi connectivity index (χ0) is 14.3. The molecular weight excluding hydrogens is 276 g/mol. The Labute approximate surface area is 121 Å². The Morgan fingerprint density at radius 3 is 2.65 bits per heavy atom. The number of halogens is 1. The average molecular weight is 289 g/mol. The van der Waals surface area contributed by atoms with Crippen LogP contribution in [0.3, 0.4) is 0 Å². The maximum Gasteiger partial charge on any atom is 0.199 e. The summed E-state index contributed by atoms with van der Waals surface area (Å²) in [5.74, 6) is 0.636. The highest BCUT2D eigenvalue weighted by molar-refractivity contribution is 6.31. The van der Waals surface area contributed by atoms with Crippen molar-refractivity contribution in [2.24, 2.45) is 5.92 Å². The first-order valence-corrected chi connectivity index (χ1v) is 6.80. The van der Waals surface area contributed by atoms with Crippen molar-refractivity contribution in [3.8, 4) is 23.4 Å². The fourth-order valence-corrected chi connectivity index (χ4v) is 2.55. The first kappa shape index (κ1) is 12.9. The van der Waals surface area contributed by atoms with Crippen LogP contribution in [0.2, 0.25) is 5.02 Å². The van der Waals surface area contributed by atoms with Gasteiger partial charge in [-0.15, -0.1) is 0 Å². The fourth-order valence-electron chi connectivity index (χ4n) is 2.34. The lowest BCUT2D eigenvalue weighted by Gasteiger charge is -2.11. The first-order valence-electron chi connectivity index (χ1n) is 6.42. The standard InChI is InChI=1S/C15H13ClN2O2/c16-12-6-11(4-3-10(12)8-17)18-13(5-9-1-2-9)14(19)7-15(18)20/h3-4,6-7,9,19-20H,1-2,5H2. The van der Waals surface area contributed by atoms with Crippen LogP contribution in [0.15, 0.2) is 24.3 Å². The molecule has 102 valence electrons. The van der Waals surface area contributed by atoms with Gasteiger partial charge >= 0.3 is 0 Å². The number of hydrogen-bond acceptors (Lipinski definition) is 3. The highest BCUT2D eigenvalue weighted by Crippen LogP contribution is 2.39. The van der Waals surface area contributed by atoms with Crippen LogP contribution in [-0.4, -0.2) is 14.8 Å². The monoisotopic (exact) mass is 288 g/mol. The van der Waals surface area contributed by atoms with Gasteiger partial charge < -0.3 is 10.2 Å². The third-order valence-corrected chi connectivity index (χ3v) is 3.88. The second kappa shape index (κ2) is 4.77. The molecule has 0 saturated heterocycles. The van der Waals surface area contributed by atoms with E-state index in [0.717, 1.165) is 19.3 Å². The van der Waals surface area contributed by atoms with Crippen molar-refractivity contribution >= 4 is 11.6 Å². The highest BCUT2D eigenvalue weighted by Gasteiger charge is 2.26. The molecule has 0 amide bonds. The number of rotatable bonds is 3. The topological polar surface area (TPSA) is 69.2 Å². The summed E-state index contributed by atoms with van der Waals surface area (Å²) in [6.45, 7) is 0. The summed E-state index contributed by atoms with van der Waals surface area (Å²) < 4.78 is 1.58. The van der Waals surface area contributed by atoms with E-state index < -0.39 is 0 Å². The van der Waals surface area contributed by atoms with Crippen molar-refractivity contribution in [3.63, 3.8) is 0 Å². The van der Waals surface area contributed by atoms with Crippen LogP contribution in [0.4, 0.5) is 0 Å². The van der Waals surface area contributed by atoms with Crippen LogP contribution in [0.5, 0.6) is 11.6 Å². The molecule has 1 saturated carbocycles. The van der Waals surface area contributed by atoms with Gasteiger partial charge in [-0.25, -0.2) is 0 Å². The molecule has 1 aliphatic rings. The Bertz CT molecular complexity index is 711. The molecule has 4 nitrogen and oxygen atoms in total. The zero-order valence-electron chi connectivity index (χ0n) is 10.7. The summed E-state index contributed by atoms with van der Waals surface area (Å²) in [4.78, 5) is 0. The average Bonchev–Trinajstić information content (AvgIpc) is 3.17. The normalized spacial score (nSPS) is 14.2. The Kier molecular flexibility index (Phi) is 3.07. The van der Waals surface area contributed by atoms with Crippen LogP contribution < -0.4 is 0 Å². The third-order valence-electron chi connectivity index (χ3n) is 3.57. The number of benzene rings is 1. The minimum absolute atomic E-state index is 0.0288. The van der Waals surface area contributed by atoms with E-state index in [4.69, 9.17) is 16.9 Å². The Morgan fingerprint density at radius 1 is 1.30 bits per heavy atom. The molecule has 0 aliphatic heterocycles. The molecule has 20 heavy (non-hydrogen) atoms. The van der Waals surface area contributed by atoms with E-state index >= 15 is 0 Å². The van der Waals surface area contributed by atoms with E-state index in [1.54, 1.807) is 22.8 Å². The van der Waals surface area contributed by atoms with E-state index in [9.17, 15) is 10.2 Å². The second-order valence-corrected chi connectivity index (χ2v) is 5.50. The van der Waals surface area contributed by atoms with Crippen LogP contribution in [-0.2, 0) is 6.42 Å². The van der Waals surface area contributed by atoms with Crippen molar-refractivity contribution in [2.75, 3.05) is 0 Å². The van der Waals surface area contributed by atoms with Gasteiger partial charge in [-0.05, 0) is 43.4 Å². The summed E-state index contributed by atoms with van der Waals surface area (Å²) in [6, 6.07) is 8.27. The summed E-state index contributed by atoms with van der Waals surface area (Å²) in [6.07, 6.45) is 3.03. The highest BCUT2D eigenvalue weighted by atomic mass is 35.5. The molecule has 1 aromatic carbocycles. The molecule has 3 rings (SSSR count). The predicted octanol–water partition coefficient (Wildman–Crippen LogP) is 3.37. The van der Waals surface area contributed by atoms with Crippen molar-refractivity contribution < 1.29 is 10.2 Å². The van der Waals surface area contributed by atoms with Crippen molar-refractivity contribution in [2.45, 2.75) is 19.3 Å². The molecule has 0 radical (unpaired) electrons. The van der Waals surface area contributed by atoms with Gasteiger partial charge in [0, 0.05) is 6.07 Å². The van der Waals surface area contributed by atoms with Crippen LogP contribution in [0.25, 0.3) is 5.69 Å². The third kappa shape index (κ3) is 2.21. The zero-order valence-corrected chi connectivity index (χ0v) is 11.4. The van der Waals surface area contributed by atoms with Crippen molar-refractivity contribution in [1.82, 2.24) is 4.57 Å². The second-order valence-electron chi connectivity index (χ2n) is 5.09. The van der Waals surface area contributed by atoms with Gasteiger partial charge in [0.25, 0.3) is 0 Å². The summed E-state index contributed by atoms with van der Waals surface area (Å²) in [5.41, 5.74) is 1.71. The van der Waals surface area contributed by atoms with Gasteiger partial charge in [-0.1, -0.05) is 11.6 Å². The summed E-state index contributed by atoms with van der Waals surface area (Å²) in [7, 11) is 0. The molecule has 1 fully saturated rings. The molecule has 2 aromatic rings. The van der Waals surface area contributed by atoms with Gasteiger partial charge in [0.15, 0.2) is 5.88 Å². The van der Waals surface area contributed by atoms with Crippen LogP contribution in [0, 0.1) is 17.2 Å². The minimum atomic E-state index is -0.0288. The van der Waals surface area contributed by atoms with E-state index in [0.29, 0.717) is 27.9 Å². The van der Waals surface area contributed by atoms with E-state index in [-0.39, 0.29) is 11.6 Å². The van der Waals surface area contributed by atoms with Gasteiger partial charge in [-0.2, -0.15) is 5.26 Å². The molecule has 2 N–H and O–H groups in total. The lowest BCUT2D eigenvalue weighted by molar-refractivity contribution is 0.439. The summed E-state index contributed by atoms with van der Waals surface area (Å²) in [5, 5.41) is 29.2. The largest absolute Gasteiger partial charge is 0.506 e. The van der Waals surface area contributed by atoms with E-state index in [1.165, 1.54) is 6.07 Å². The van der Waals surface area contributed by atoms with E-state index in [1.807, 2.05) is 6.07 Å². The molecule has 0 spiro atoms. The summed E-state index contributed by atoms with van der Waals surface area (Å²) >= 11 is 6.03. The molecule has 1 heterocycles. The van der Waals surface area contributed by atoms with Gasteiger partial charge in [0.05, 0.1) is 22.0 Å². The molecule has 0 unspecified atom stereocenters. The minimum Gasteiger partial charge on any atom is -0.506 e. The van der Waals surface area contributed by atoms with Gasteiger partial charge in [0.1, 0.15) is 11.8 Å². The number of nitrogens with zero attached hydrogens (tertiary/aromatic N) is 2. The first-order chi connectivity index (χ1) is 9.60. The molecule has 1 aliphatic carbocycles. The molecule has 5 heteroatoms. The van der Waals surface area contributed by atoms with Crippen LogP contribution >= 0.6 is 11.6 Å². The number of aromatic nitrogens is 1. The number of nitriles is 1. The lowest BCUT2D eigenvalue weighted by atomic mass is 10.2. The predicted molar refractivity (Wildman–Crippen MR) is 75.3 cm³/mol. The van der Waals surface area contributed by atoms with Gasteiger partial charge in [0.2, 0.25) is 0 Å². The number of aromatic hydroxyl groups is 2. The Morgan fingerprint density at radius 2 is 2.05 bits per heavy atom. The maximum absolute atomic E-state index is 10.0. The Balaban J connectivity index is 2.09.